The molecular formula is C21H22FN3O3S. The number of fused-ring (bicyclic) bond motifs is 1. The van der Waals surface area contributed by atoms with Crippen molar-refractivity contribution in [3.63, 3.8) is 0 Å². The highest BCUT2D eigenvalue weighted by molar-refractivity contribution is 7.22. The third kappa shape index (κ3) is 5.99. The molecule has 0 aliphatic carbocycles. The molecule has 0 fully saturated rings. The van der Waals surface area contributed by atoms with Crippen molar-refractivity contribution in [2.24, 2.45) is 0 Å². The molecule has 0 bridgehead atoms. The summed E-state index contributed by atoms with van der Waals surface area (Å²) < 4.78 is 19.3. The summed E-state index contributed by atoms with van der Waals surface area (Å²) >= 11 is 1.17. The highest BCUT2D eigenvalue weighted by Crippen LogP contribution is 2.26. The number of anilines is 1. The fourth-order valence-corrected chi connectivity index (χ4v) is 3.55. The van der Waals surface area contributed by atoms with Gasteiger partial charge in [0.2, 0.25) is 5.91 Å². The lowest BCUT2D eigenvalue weighted by molar-refractivity contribution is -0.118. The van der Waals surface area contributed by atoms with Crippen LogP contribution in [0, 0.1) is 5.82 Å². The van der Waals surface area contributed by atoms with E-state index in [4.69, 9.17) is 4.74 Å². The quantitative estimate of drug-likeness (QED) is 0.643. The summed E-state index contributed by atoms with van der Waals surface area (Å²) in [4.78, 5) is 29.4. The van der Waals surface area contributed by atoms with Gasteiger partial charge in [0.1, 0.15) is 17.5 Å². The molecule has 2 amide bonds. The van der Waals surface area contributed by atoms with Gasteiger partial charge in [0.05, 0.1) is 10.2 Å². The van der Waals surface area contributed by atoms with Gasteiger partial charge in [-0.05, 0) is 44.5 Å². The first-order chi connectivity index (χ1) is 13.7. The zero-order valence-electron chi connectivity index (χ0n) is 16.4. The monoisotopic (exact) mass is 415 g/mol. The summed E-state index contributed by atoms with van der Waals surface area (Å²) in [6.07, 6.45) is -0.397. The van der Waals surface area contributed by atoms with Crippen LogP contribution in [0.25, 0.3) is 10.2 Å². The van der Waals surface area contributed by atoms with Crippen molar-refractivity contribution >= 4 is 38.7 Å². The fraction of sp³-hybridized carbons (Fsp3) is 0.286. The molecule has 1 unspecified atom stereocenters. The van der Waals surface area contributed by atoms with Crippen LogP contribution in [0.2, 0.25) is 0 Å². The Morgan fingerprint density at radius 1 is 1.17 bits per heavy atom. The second-order valence-corrected chi connectivity index (χ2v) is 8.54. The minimum Gasteiger partial charge on any atom is -0.444 e. The van der Waals surface area contributed by atoms with E-state index in [9.17, 15) is 14.0 Å². The number of amides is 2. The minimum absolute atomic E-state index is 0.283. The van der Waals surface area contributed by atoms with E-state index in [1.54, 1.807) is 26.8 Å². The maximum absolute atomic E-state index is 13.4. The number of ether oxygens (including phenoxy) is 1. The molecule has 0 saturated carbocycles. The summed E-state index contributed by atoms with van der Waals surface area (Å²) in [5.74, 6) is -0.799. The molecule has 1 heterocycles. The van der Waals surface area contributed by atoms with Crippen molar-refractivity contribution in [2.75, 3.05) is 5.32 Å². The van der Waals surface area contributed by atoms with E-state index >= 15 is 0 Å². The van der Waals surface area contributed by atoms with Crippen LogP contribution in [0.3, 0.4) is 0 Å². The highest BCUT2D eigenvalue weighted by Gasteiger charge is 2.25. The van der Waals surface area contributed by atoms with Crippen LogP contribution in [0.1, 0.15) is 26.3 Å². The van der Waals surface area contributed by atoms with Gasteiger partial charge >= 0.3 is 6.09 Å². The number of thiazole rings is 1. The van der Waals surface area contributed by atoms with Crippen molar-refractivity contribution in [3.05, 3.63) is 59.9 Å². The van der Waals surface area contributed by atoms with Gasteiger partial charge in [-0.2, -0.15) is 0 Å². The van der Waals surface area contributed by atoms with Crippen molar-refractivity contribution < 1.29 is 18.7 Å². The second-order valence-electron chi connectivity index (χ2n) is 7.51. The Morgan fingerprint density at radius 2 is 1.90 bits per heavy atom. The SMILES string of the molecule is CC(C)(C)OC(=O)NC(Cc1ccccc1)C(=O)Nc1nc2ccc(F)cc2s1. The summed E-state index contributed by atoms with van der Waals surface area (Å²) in [7, 11) is 0. The molecule has 3 aromatic rings. The van der Waals surface area contributed by atoms with Crippen LogP contribution >= 0.6 is 11.3 Å². The van der Waals surface area contributed by atoms with Crippen molar-refractivity contribution in [1.82, 2.24) is 10.3 Å². The lowest BCUT2D eigenvalue weighted by Crippen LogP contribution is -2.47. The van der Waals surface area contributed by atoms with Crippen LogP contribution in [-0.2, 0) is 16.0 Å². The number of benzene rings is 2. The molecule has 2 aromatic carbocycles. The largest absolute Gasteiger partial charge is 0.444 e. The van der Waals surface area contributed by atoms with Crippen LogP contribution in [0.4, 0.5) is 14.3 Å². The van der Waals surface area contributed by atoms with E-state index in [1.165, 1.54) is 23.5 Å². The zero-order chi connectivity index (χ0) is 21.0. The predicted molar refractivity (Wildman–Crippen MR) is 112 cm³/mol. The van der Waals surface area contributed by atoms with Crippen LogP contribution in [0.15, 0.2) is 48.5 Å². The van der Waals surface area contributed by atoms with Gasteiger partial charge in [0, 0.05) is 6.42 Å². The zero-order valence-corrected chi connectivity index (χ0v) is 17.2. The molecule has 3 rings (SSSR count). The Morgan fingerprint density at radius 3 is 2.59 bits per heavy atom. The molecule has 29 heavy (non-hydrogen) atoms. The Balaban J connectivity index is 1.77. The minimum atomic E-state index is -0.865. The molecule has 0 saturated heterocycles. The lowest BCUT2D eigenvalue weighted by atomic mass is 10.1. The standard InChI is InChI=1S/C21H22FN3O3S/c1-21(2,3)28-20(27)24-16(11-13-7-5-4-6-8-13)18(26)25-19-23-15-10-9-14(22)12-17(15)29-19/h4-10,12,16H,11H2,1-3H3,(H,24,27)(H,23,25,26). The van der Waals surface area contributed by atoms with Crippen molar-refractivity contribution in [2.45, 2.75) is 38.8 Å². The number of carbonyl (C=O) groups is 2. The van der Waals surface area contributed by atoms with E-state index in [1.807, 2.05) is 30.3 Å². The van der Waals surface area contributed by atoms with Gasteiger partial charge < -0.3 is 15.4 Å². The third-order valence-corrected chi connectivity index (χ3v) is 4.80. The normalized spacial score (nSPS) is 12.4. The molecule has 0 radical (unpaired) electrons. The first-order valence-corrected chi connectivity index (χ1v) is 9.92. The van der Waals surface area contributed by atoms with E-state index < -0.39 is 23.6 Å². The number of hydrogen-bond donors (Lipinski definition) is 2. The average molecular weight is 415 g/mol. The molecule has 1 aromatic heterocycles. The van der Waals surface area contributed by atoms with Gasteiger partial charge in [-0.25, -0.2) is 14.2 Å². The molecular weight excluding hydrogens is 393 g/mol. The number of alkyl carbamates (subject to hydrolysis) is 1. The van der Waals surface area contributed by atoms with E-state index in [2.05, 4.69) is 15.6 Å². The molecule has 152 valence electrons. The number of hydrogen-bond acceptors (Lipinski definition) is 5. The smallest absolute Gasteiger partial charge is 0.408 e. The summed E-state index contributed by atoms with van der Waals surface area (Å²) in [5.41, 5.74) is 0.788. The second kappa shape index (κ2) is 8.57. The summed E-state index contributed by atoms with van der Waals surface area (Å²) in [6, 6.07) is 12.7. The van der Waals surface area contributed by atoms with Gasteiger partial charge in [-0.3, -0.25) is 4.79 Å². The number of rotatable bonds is 5. The number of nitrogens with zero attached hydrogens (tertiary/aromatic N) is 1. The molecule has 1 atom stereocenters. The summed E-state index contributed by atoms with van der Waals surface area (Å²) in [5, 5.41) is 5.68. The molecule has 2 N–H and O–H groups in total. The Kier molecular flexibility index (Phi) is 6.12. The van der Waals surface area contributed by atoms with Gasteiger partial charge in [-0.15, -0.1) is 0 Å². The molecule has 0 aliphatic heterocycles. The fourth-order valence-electron chi connectivity index (χ4n) is 2.65. The van der Waals surface area contributed by atoms with E-state index in [-0.39, 0.29) is 12.2 Å². The Hall–Kier alpha value is -3.00. The van der Waals surface area contributed by atoms with Gasteiger partial charge in [0.15, 0.2) is 5.13 Å². The van der Waals surface area contributed by atoms with Crippen LogP contribution in [-0.4, -0.2) is 28.6 Å². The molecule has 0 spiro atoms. The average Bonchev–Trinajstić information content (AvgIpc) is 3.01. The van der Waals surface area contributed by atoms with Gasteiger partial charge in [-0.1, -0.05) is 41.7 Å². The first-order valence-electron chi connectivity index (χ1n) is 9.10. The first kappa shape index (κ1) is 20.7. The number of aromatic nitrogens is 1. The number of nitrogens with one attached hydrogen (secondary N) is 2. The Labute approximate surface area is 172 Å². The van der Waals surface area contributed by atoms with Crippen LogP contribution < -0.4 is 10.6 Å². The predicted octanol–water partition coefficient (Wildman–Crippen LogP) is 4.51. The maximum atomic E-state index is 13.4. The molecule has 6 nitrogen and oxygen atoms in total. The lowest BCUT2D eigenvalue weighted by Gasteiger charge is -2.23. The third-order valence-electron chi connectivity index (χ3n) is 3.87. The maximum Gasteiger partial charge on any atom is 0.408 e. The van der Waals surface area contributed by atoms with Crippen molar-refractivity contribution in [3.8, 4) is 0 Å². The number of halogens is 1. The number of carbonyl (C=O) groups excluding carboxylic acids is 2. The highest BCUT2D eigenvalue weighted by atomic mass is 32.1. The Bertz CT molecular complexity index is 1010. The van der Waals surface area contributed by atoms with Crippen LogP contribution in [0.5, 0.6) is 0 Å². The van der Waals surface area contributed by atoms with Crippen molar-refractivity contribution in [1.29, 1.82) is 0 Å². The molecule has 8 heteroatoms. The van der Waals surface area contributed by atoms with E-state index in [0.717, 1.165) is 5.56 Å². The summed E-state index contributed by atoms with van der Waals surface area (Å²) in [6.45, 7) is 5.25. The topological polar surface area (TPSA) is 80.3 Å². The van der Waals surface area contributed by atoms with Gasteiger partial charge in [0.25, 0.3) is 0 Å². The molecule has 0 aliphatic rings. The van der Waals surface area contributed by atoms with E-state index in [0.29, 0.717) is 15.3 Å².